The van der Waals surface area contributed by atoms with Crippen molar-refractivity contribution in [2.45, 2.75) is 24.5 Å². The van der Waals surface area contributed by atoms with Gasteiger partial charge in [0.15, 0.2) is 6.23 Å². The Morgan fingerprint density at radius 2 is 1.92 bits per heavy atom. The molecule has 2 heterocycles. The molecule has 2 aromatic rings. The molecular formula is C17H18N2O6. The molecule has 4 N–H and O–H groups in total. The van der Waals surface area contributed by atoms with E-state index >= 15 is 0 Å². The van der Waals surface area contributed by atoms with E-state index in [-0.39, 0.29) is 11.6 Å². The Hall–Kier alpha value is -2.52. The maximum atomic E-state index is 11.6. The lowest BCUT2D eigenvalue weighted by atomic mass is 10.1. The van der Waals surface area contributed by atoms with Crippen molar-refractivity contribution >= 4 is 11.8 Å². The Kier molecular flexibility index (Phi) is 4.95. The zero-order valence-corrected chi connectivity index (χ0v) is 13.1. The quantitative estimate of drug-likeness (QED) is 0.570. The number of aliphatic hydroxyl groups excluding tert-OH is 4. The summed E-state index contributed by atoms with van der Waals surface area (Å²) in [5, 5.41) is 39.5. The lowest BCUT2D eigenvalue weighted by Gasteiger charge is -2.20. The Morgan fingerprint density at radius 1 is 1.20 bits per heavy atom. The van der Waals surface area contributed by atoms with E-state index in [1.807, 2.05) is 0 Å². The second-order valence-electron chi connectivity index (χ2n) is 5.66. The first-order valence-electron chi connectivity index (χ1n) is 7.69. The van der Waals surface area contributed by atoms with Crippen LogP contribution in [0.2, 0.25) is 0 Å². The molecule has 8 heteroatoms. The molecule has 1 saturated heterocycles. The van der Waals surface area contributed by atoms with E-state index < -0.39 is 36.7 Å². The molecule has 1 fully saturated rings. The standard InChI is InChI=1S/C17H18N2O6/c20-9-12-15(23)16(24)17(25-12)19-7-6-14(22)18-13(19)8-11(21)10-4-2-1-3-5-10/h1-8,12,15-17,20-21,23-24H,9H2/b11-8-. The van der Waals surface area contributed by atoms with Crippen LogP contribution in [0.5, 0.6) is 0 Å². The van der Waals surface area contributed by atoms with Gasteiger partial charge in [-0.3, -0.25) is 4.79 Å². The molecule has 0 spiro atoms. The van der Waals surface area contributed by atoms with Gasteiger partial charge >= 0.3 is 0 Å². The van der Waals surface area contributed by atoms with Crippen molar-refractivity contribution in [2.24, 2.45) is 0 Å². The Labute approximate surface area is 142 Å². The fourth-order valence-corrected chi connectivity index (χ4v) is 2.67. The minimum absolute atomic E-state index is 0.0451. The molecule has 1 aliphatic rings. The fraction of sp³-hybridized carbons (Fsp3) is 0.294. The summed E-state index contributed by atoms with van der Waals surface area (Å²) >= 11 is 0. The average molecular weight is 346 g/mol. The van der Waals surface area contributed by atoms with Crippen molar-refractivity contribution < 1.29 is 25.2 Å². The molecule has 0 bridgehead atoms. The van der Waals surface area contributed by atoms with Crippen LogP contribution in [-0.4, -0.2) is 54.9 Å². The largest absolute Gasteiger partial charge is 0.507 e. The maximum absolute atomic E-state index is 11.6. The SMILES string of the molecule is O=c1ccn(C2OC(CO)C(O)C2O)c(/C=C(\O)c2ccccc2)n1. The van der Waals surface area contributed by atoms with E-state index in [0.717, 1.165) is 0 Å². The normalized spacial score (nSPS) is 26.8. The first-order valence-corrected chi connectivity index (χ1v) is 7.69. The molecule has 8 nitrogen and oxygen atoms in total. The number of hydrogen-bond acceptors (Lipinski definition) is 7. The van der Waals surface area contributed by atoms with Crippen LogP contribution < -0.4 is 5.56 Å². The lowest BCUT2D eigenvalue weighted by molar-refractivity contribution is -0.0537. The third-order valence-corrected chi connectivity index (χ3v) is 3.99. The van der Waals surface area contributed by atoms with Gasteiger partial charge in [0.1, 0.15) is 29.9 Å². The van der Waals surface area contributed by atoms with Gasteiger partial charge < -0.3 is 29.7 Å². The molecule has 25 heavy (non-hydrogen) atoms. The maximum Gasteiger partial charge on any atom is 0.273 e. The number of rotatable bonds is 4. The highest BCUT2D eigenvalue weighted by Gasteiger charge is 2.43. The molecule has 4 atom stereocenters. The summed E-state index contributed by atoms with van der Waals surface area (Å²) in [6, 6.07) is 9.83. The molecule has 1 aromatic carbocycles. The van der Waals surface area contributed by atoms with Gasteiger partial charge in [0.05, 0.1) is 6.61 Å². The average Bonchev–Trinajstić information content (AvgIpc) is 2.91. The van der Waals surface area contributed by atoms with Crippen molar-refractivity contribution in [1.29, 1.82) is 0 Å². The summed E-state index contributed by atoms with van der Waals surface area (Å²) in [7, 11) is 0. The van der Waals surface area contributed by atoms with Gasteiger partial charge in [0, 0.05) is 23.9 Å². The van der Waals surface area contributed by atoms with Crippen molar-refractivity contribution in [3.8, 4) is 0 Å². The Morgan fingerprint density at radius 3 is 2.56 bits per heavy atom. The monoisotopic (exact) mass is 346 g/mol. The first kappa shape index (κ1) is 17.3. The summed E-state index contributed by atoms with van der Waals surface area (Å²) < 4.78 is 6.77. The van der Waals surface area contributed by atoms with Crippen molar-refractivity contribution in [3.63, 3.8) is 0 Å². The molecule has 1 aromatic heterocycles. The fourth-order valence-electron chi connectivity index (χ4n) is 2.67. The molecule has 0 saturated carbocycles. The minimum atomic E-state index is -1.33. The lowest BCUT2D eigenvalue weighted by Crippen LogP contribution is -2.33. The van der Waals surface area contributed by atoms with Crippen LogP contribution in [0.3, 0.4) is 0 Å². The van der Waals surface area contributed by atoms with Crippen LogP contribution >= 0.6 is 0 Å². The molecule has 4 unspecified atom stereocenters. The molecule has 1 aliphatic heterocycles. The highest BCUT2D eigenvalue weighted by Crippen LogP contribution is 2.30. The van der Waals surface area contributed by atoms with Gasteiger partial charge in [0.25, 0.3) is 5.56 Å². The number of aromatic nitrogens is 2. The summed E-state index contributed by atoms with van der Waals surface area (Å²) in [4.78, 5) is 15.4. The predicted octanol–water partition coefficient (Wildman–Crippen LogP) is -0.0891. The third kappa shape index (κ3) is 3.47. The zero-order valence-electron chi connectivity index (χ0n) is 13.1. The van der Waals surface area contributed by atoms with E-state index in [1.54, 1.807) is 30.3 Å². The van der Waals surface area contributed by atoms with Crippen LogP contribution in [0.4, 0.5) is 0 Å². The van der Waals surface area contributed by atoms with Crippen LogP contribution in [0.1, 0.15) is 17.6 Å². The van der Waals surface area contributed by atoms with Gasteiger partial charge in [-0.25, -0.2) is 0 Å². The van der Waals surface area contributed by atoms with Crippen LogP contribution in [-0.2, 0) is 4.74 Å². The van der Waals surface area contributed by atoms with Gasteiger partial charge in [-0.15, -0.1) is 0 Å². The van der Waals surface area contributed by atoms with Gasteiger partial charge in [0.2, 0.25) is 0 Å². The van der Waals surface area contributed by atoms with Crippen molar-refractivity contribution in [1.82, 2.24) is 9.55 Å². The smallest absolute Gasteiger partial charge is 0.273 e. The first-order chi connectivity index (χ1) is 12.0. The second kappa shape index (κ2) is 7.16. The van der Waals surface area contributed by atoms with Gasteiger partial charge in [-0.1, -0.05) is 30.3 Å². The highest BCUT2D eigenvalue weighted by molar-refractivity contribution is 5.74. The van der Waals surface area contributed by atoms with Gasteiger partial charge in [-0.2, -0.15) is 4.98 Å². The number of nitrogens with zero attached hydrogens (tertiary/aromatic N) is 2. The number of ether oxygens (including phenoxy) is 1. The van der Waals surface area contributed by atoms with E-state index in [4.69, 9.17) is 4.74 Å². The predicted molar refractivity (Wildman–Crippen MR) is 88.4 cm³/mol. The molecule has 132 valence electrons. The number of hydrogen-bond donors (Lipinski definition) is 4. The summed E-state index contributed by atoms with van der Waals surface area (Å²) in [6.07, 6.45) is -2.01. The van der Waals surface area contributed by atoms with Crippen LogP contribution in [0, 0.1) is 0 Å². The Bertz CT molecular complexity index is 819. The zero-order chi connectivity index (χ0) is 18.0. The van der Waals surface area contributed by atoms with Crippen molar-refractivity contribution in [3.05, 3.63) is 64.3 Å². The van der Waals surface area contributed by atoms with E-state index in [0.29, 0.717) is 5.56 Å². The molecular weight excluding hydrogens is 328 g/mol. The summed E-state index contributed by atoms with van der Waals surface area (Å²) in [6.45, 7) is -0.469. The third-order valence-electron chi connectivity index (χ3n) is 3.99. The number of aliphatic hydroxyl groups is 4. The second-order valence-corrected chi connectivity index (χ2v) is 5.66. The summed E-state index contributed by atoms with van der Waals surface area (Å²) in [5.41, 5.74) is -0.0107. The highest BCUT2D eigenvalue weighted by atomic mass is 16.6. The van der Waals surface area contributed by atoms with E-state index in [9.17, 15) is 25.2 Å². The topological polar surface area (TPSA) is 125 Å². The Balaban J connectivity index is 2.01. The van der Waals surface area contributed by atoms with Crippen LogP contribution in [0.25, 0.3) is 11.8 Å². The molecule has 0 radical (unpaired) electrons. The molecule has 0 aliphatic carbocycles. The van der Waals surface area contributed by atoms with Gasteiger partial charge in [-0.05, 0) is 0 Å². The van der Waals surface area contributed by atoms with E-state index in [2.05, 4.69) is 4.98 Å². The minimum Gasteiger partial charge on any atom is -0.507 e. The van der Waals surface area contributed by atoms with E-state index in [1.165, 1.54) is 22.9 Å². The van der Waals surface area contributed by atoms with Crippen LogP contribution in [0.15, 0.2) is 47.4 Å². The molecule has 0 amide bonds. The number of benzene rings is 1. The van der Waals surface area contributed by atoms with Crippen molar-refractivity contribution in [2.75, 3.05) is 6.61 Å². The molecule has 3 rings (SSSR count). The summed E-state index contributed by atoms with van der Waals surface area (Å²) in [5.74, 6) is -0.0807.